The Morgan fingerprint density at radius 2 is 1.10 bits per heavy atom. The van der Waals surface area contributed by atoms with Gasteiger partial charge in [-0.2, -0.15) is 0 Å². The van der Waals surface area contributed by atoms with E-state index in [0.717, 1.165) is 25.7 Å². The number of rotatable bonds is 14. The van der Waals surface area contributed by atoms with Crippen molar-refractivity contribution >= 4 is 10.0 Å². The summed E-state index contributed by atoms with van der Waals surface area (Å²) in [4.78, 5) is 0. The summed E-state index contributed by atoms with van der Waals surface area (Å²) < 4.78 is 26.2. The van der Waals surface area contributed by atoms with Crippen molar-refractivity contribution in [1.29, 1.82) is 0 Å². The van der Waals surface area contributed by atoms with Crippen LogP contribution >= 0.6 is 0 Å². The molecule has 0 heterocycles. The van der Waals surface area contributed by atoms with E-state index in [0.29, 0.717) is 0 Å². The van der Waals surface area contributed by atoms with Crippen molar-refractivity contribution in [3.8, 4) is 0 Å². The van der Waals surface area contributed by atoms with Gasteiger partial charge < -0.3 is 0 Å². The molecular formula is C17H37NO2S. The van der Waals surface area contributed by atoms with Crippen molar-refractivity contribution < 1.29 is 8.42 Å². The molecule has 0 saturated heterocycles. The van der Waals surface area contributed by atoms with Crippen molar-refractivity contribution in [2.75, 3.05) is 14.1 Å². The van der Waals surface area contributed by atoms with Crippen molar-refractivity contribution in [1.82, 2.24) is 4.31 Å². The second-order valence-electron chi connectivity index (χ2n) is 6.36. The third-order valence-electron chi connectivity index (χ3n) is 4.19. The highest BCUT2D eigenvalue weighted by Crippen LogP contribution is 2.21. The van der Waals surface area contributed by atoms with E-state index >= 15 is 0 Å². The van der Waals surface area contributed by atoms with E-state index in [4.69, 9.17) is 0 Å². The quantitative estimate of drug-likeness (QED) is 0.424. The third kappa shape index (κ3) is 9.51. The van der Waals surface area contributed by atoms with Gasteiger partial charge in [0.15, 0.2) is 0 Å². The van der Waals surface area contributed by atoms with Crippen LogP contribution in [0.15, 0.2) is 0 Å². The Hall–Kier alpha value is -0.0900. The smallest absolute Gasteiger partial charge is 0.212 e. The van der Waals surface area contributed by atoms with E-state index in [9.17, 15) is 8.42 Å². The van der Waals surface area contributed by atoms with E-state index < -0.39 is 10.0 Å². The summed E-state index contributed by atoms with van der Waals surface area (Å²) in [6.45, 7) is 4.41. The lowest BCUT2D eigenvalue weighted by molar-refractivity contribution is 0.473. The monoisotopic (exact) mass is 319 g/mol. The summed E-state index contributed by atoms with van der Waals surface area (Å²) in [5.74, 6) is 0. The van der Waals surface area contributed by atoms with Crippen LogP contribution in [0.4, 0.5) is 0 Å². The summed E-state index contributed by atoms with van der Waals surface area (Å²) in [6, 6.07) is 0. The Kier molecular flexibility index (Phi) is 12.4. The number of hydrogen-bond acceptors (Lipinski definition) is 2. The molecular weight excluding hydrogens is 282 g/mol. The molecule has 0 aliphatic rings. The summed E-state index contributed by atoms with van der Waals surface area (Å²) in [5, 5.41) is -0.171. The van der Waals surface area contributed by atoms with Gasteiger partial charge in [-0.15, -0.1) is 0 Å². The molecule has 3 nitrogen and oxygen atoms in total. The minimum Gasteiger partial charge on any atom is -0.212 e. The highest BCUT2D eigenvalue weighted by molar-refractivity contribution is 7.89. The molecule has 0 rings (SSSR count). The fourth-order valence-corrected chi connectivity index (χ4v) is 4.22. The molecule has 0 saturated carbocycles. The molecule has 0 fully saturated rings. The second-order valence-corrected chi connectivity index (χ2v) is 8.78. The normalized spacial score (nSPS) is 12.5. The first-order valence-corrected chi connectivity index (χ1v) is 10.4. The molecule has 0 spiro atoms. The van der Waals surface area contributed by atoms with Crippen LogP contribution in [-0.4, -0.2) is 32.1 Å². The van der Waals surface area contributed by atoms with Crippen LogP contribution < -0.4 is 0 Å². The molecule has 0 amide bonds. The minimum absolute atomic E-state index is 0.171. The zero-order valence-corrected chi connectivity index (χ0v) is 15.6. The van der Waals surface area contributed by atoms with E-state index in [1.807, 2.05) is 0 Å². The molecule has 4 heteroatoms. The summed E-state index contributed by atoms with van der Waals surface area (Å²) in [6.07, 6.45) is 13.6. The van der Waals surface area contributed by atoms with Crippen LogP contribution in [0.3, 0.4) is 0 Å². The lowest BCUT2D eigenvalue weighted by atomic mass is 10.0. The molecule has 0 aromatic carbocycles. The van der Waals surface area contributed by atoms with Gasteiger partial charge in [-0.05, 0) is 12.8 Å². The van der Waals surface area contributed by atoms with Crippen LogP contribution in [0.2, 0.25) is 0 Å². The van der Waals surface area contributed by atoms with E-state index in [1.165, 1.54) is 55.7 Å². The molecule has 21 heavy (non-hydrogen) atoms. The first-order chi connectivity index (χ1) is 9.96. The van der Waals surface area contributed by atoms with Crippen molar-refractivity contribution in [2.24, 2.45) is 0 Å². The SMILES string of the molecule is CCCCCCCC(CCCCCCC)S(=O)(=O)N(C)C. The predicted molar refractivity (Wildman–Crippen MR) is 93.1 cm³/mol. The van der Waals surface area contributed by atoms with Gasteiger partial charge in [0.1, 0.15) is 0 Å². The second kappa shape index (κ2) is 12.5. The molecule has 0 bridgehead atoms. The zero-order chi connectivity index (χ0) is 16.1. The molecule has 0 aliphatic heterocycles. The minimum atomic E-state index is -3.09. The Balaban J connectivity index is 4.23. The Morgan fingerprint density at radius 1 is 0.714 bits per heavy atom. The van der Waals surface area contributed by atoms with Gasteiger partial charge in [0.05, 0.1) is 5.25 Å². The first-order valence-electron chi connectivity index (χ1n) is 8.88. The Bertz CT molecular complexity index is 312. The molecule has 0 atom stereocenters. The molecule has 0 unspecified atom stereocenters. The lowest BCUT2D eigenvalue weighted by Gasteiger charge is -2.21. The molecule has 0 aromatic rings. The fraction of sp³-hybridized carbons (Fsp3) is 1.00. The zero-order valence-electron chi connectivity index (χ0n) is 14.7. The van der Waals surface area contributed by atoms with Crippen LogP contribution in [-0.2, 0) is 10.0 Å². The Morgan fingerprint density at radius 3 is 1.43 bits per heavy atom. The van der Waals surface area contributed by atoms with Gasteiger partial charge >= 0.3 is 0 Å². The first kappa shape index (κ1) is 20.9. The van der Waals surface area contributed by atoms with Gasteiger partial charge in [0.2, 0.25) is 10.0 Å². The van der Waals surface area contributed by atoms with Crippen molar-refractivity contribution in [2.45, 2.75) is 96.1 Å². The lowest BCUT2D eigenvalue weighted by Crippen LogP contribution is -2.33. The van der Waals surface area contributed by atoms with E-state index in [2.05, 4.69) is 13.8 Å². The van der Waals surface area contributed by atoms with Gasteiger partial charge in [-0.3, -0.25) is 0 Å². The largest absolute Gasteiger partial charge is 0.216 e. The summed E-state index contributed by atoms with van der Waals surface area (Å²) >= 11 is 0. The fourth-order valence-electron chi connectivity index (χ4n) is 2.69. The van der Waals surface area contributed by atoms with Gasteiger partial charge in [-0.25, -0.2) is 12.7 Å². The Labute approximate surface area is 133 Å². The average Bonchev–Trinajstić information content (AvgIpc) is 2.44. The number of unbranched alkanes of at least 4 members (excludes halogenated alkanes) is 8. The molecule has 0 N–H and O–H groups in total. The topological polar surface area (TPSA) is 37.4 Å². The molecule has 128 valence electrons. The number of nitrogens with zero attached hydrogens (tertiary/aromatic N) is 1. The average molecular weight is 320 g/mol. The maximum absolute atomic E-state index is 12.4. The van der Waals surface area contributed by atoms with E-state index in [1.54, 1.807) is 14.1 Å². The summed E-state index contributed by atoms with van der Waals surface area (Å²) in [5.41, 5.74) is 0. The van der Waals surface area contributed by atoms with Gasteiger partial charge in [0, 0.05) is 14.1 Å². The van der Waals surface area contributed by atoms with Crippen LogP contribution in [0.25, 0.3) is 0 Å². The highest BCUT2D eigenvalue weighted by Gasteiger charge is 2.26. The molecule has 0 aromatic heterocycles. The van der Waals surface area contributed by atoms with Crippen molar-refractivity contribution in [3.05, 3.63) is 0 Å². The number of hydrogen-bond donors (Lipinski definition) is 0. The third-order valence-corrected chi connectivity index (χ3v) is 6.52. The van der Waals surface area contributed by atoms with Crippen LogP contribution in [0.1, 0.15) is 90.9 Å². The maximum Gasteiger partial charge on any atom is 0.216 e. The summed E-state index contributed by atoms with van der Waals surface area (Å²) in [7, 11) is 0.235. The van der Waals surface area contributed by atoms with Crippen LogP contribution in [0.5, 0.6) is 0 Å². The highest BCUT2D eigenvalue weighted by atomic mass is 32.2. The van der Waals surface area contributed by atoms with Crippen LogP contribution in [0, 0.1) is 0 Å². The standard InChI is InChI=1S/C17H37NO2S/c1-5-7-9-11-13-15-17(21(19,20)18(3)4)16-14-12-10-8-6-2/h17H,5-16H2,1-4H3. The molecule has 0 aliphatic carbocycles. The maximum atomic E-state index is 12.4. The molecule has 0 radical (unpaired) electrons. The van der Waals surface area contributed by atoms with Gasteiger partial charge in [-0.1, -0.05) is 78.1 Å². The van der Waals surface area contributed by atoms with Crippen molar-refractivity contribution in [3.63, 3.8) is 0 Å². The number of sulfonamides is 1. The predicted octanol–water partition coefficient (Wildman–Crippen LogP) is 4.97. The van der Waals surface area contributed by atoms with Gasteiger partial charge in [0.25, 0.3) is 0 Å². The van der Waals surface area contributed by atoms with E-state index in [-0.39, 0.29) is 5.25 Å².